The third kappa shape index (κ3) is 5.29. The highest BCUT2D eigenvalue weighted by Crippen LogP contribution is 2.25. The van der Waals surface area contributed by atoms with Gasteiger partial charge in [-0.3, -0.25) is 0 Å². The minimum Gasteiger partial charge on any atom is -0.317 e. The van der Waals surface area contributed by atoms with Crippen LogP contribution in [0.5, 0.6) is 0 Å². The summed E-state index contributed by atoms with van der Waals surface area (Å²) in [6.45, 7) is 2.28. The minimum atomic E-state index is 0.913. The van der Waals surface area contributed by atoms with Gasteiger partial charge in [0.2, 0.25) is 0 Å². The molecule has 1 saturated carbocycles. The second kappa shape index (κ2) is 7.88. The Morgan fingerprint density at radius 1 is 1.14 bits per heavy atom. The highest BCUT2D eigenvalue weighted by atomic mass is 14.8. The van der Waals surface area contributed by atoms with Crippen LogP contribution < -0.4 is 5.32 Å². The van der Waals surface area contributed by atoms with E-state index >= 15 is 0 Å². The van der Waals surface area contributed by atoms with Gasteiger partial charge in [-0.15, -0.1) is 12.3 Å². The lowest BCUT2D eigenvalue weighted by atomic mass is 9.87. The first kappa shape index (κ1) is 11.6. The van der Waals surface area contributed by atoms with Crippen LogP contribution in [0, 0.1) is 18.3 Å². The Hall–Kier alpha value is -0.480. The fourth-order valence-electron chi connectivity index (χ4n) is 2.22. The van der Waals surface area contributed by atoms with Gasteiger partial charge in [-0.1, -0.05) is 32.1 Å². The van der Waals surface area contributed by atoms with Crippen LogP contribution in [0.3, 0.4) is 0 Å². The third-order valence-electron chi connectivity index (χ3n) is 3.13. The molecule has 1 aliphatic rings. The first-order chi connectivity index (χ1) is 6.93. The molecule has 0 amide bonds. The molecule has 0 unspecified atom stereocenters. The molecule has 0 aliphatic heterocycles. The van der Waals surface area contributed by atoms with Gasteiger partial charge in [0.25, 0.3) is 0 Å². The van der Waals surface area contributed by atoms with Crippen molar-refractivity contribution >= 4 is 0 Å². The van der Waals surface area contributed by atoms with Crippen molar-refractivity contribution < 1.29 is 0 Å². The standard InChI is InChI=1S/C13H23N/c1-2-3-7-11-14-12-10-13-8-5-4-6-9-13/h1,13-14H,3-12H2. The van der Waals surface area contributed by atoms with Crippen LogP contribution in [-0.2, 0) is 0 Å². The zero-order valence-electron chi connectivity index (χ0n) is 9.23. The van der Waals surface area contributed by atoms with E-state index in [2.05, 4.69) is 11.2 Å². The van der Waals surface area contributed by atoms with Crippen molar-refractivity contribution in [3.05, 3.63) is 0 Å². The van der Waals surface area contributed by atoms with Crippen molar-refractivity contribution in [1.29, 1.82) is 0 Å². The monoisotopic (exact) mass is 193 g/mol. The van der Waals surface area contributed by atoms with E-state index in [9.17, 15) is 0 Å². The van der Waals surface area contributed by atoms with Crippen LogP contribution in [0.1, 0.15) is 51.4 Å². The summed E-state index contributed by atoms with van der Waals surface area (Å²) in [5.41, 5.74) is 0. The van der Waals surface area contributed by atoms with Gasteiger partial charge in [0.15, 0.2) is 0 Å². The lowest BCUT2D eigenvalue weighted by molar-refractivity contribution is 0.334. The molecule has 1 rings (SSSR count). The first-order valence-corrected chi connectivity index (χ1v) is 6.07. The van der Waals surface area contributed by atoms with E-state index in [0.29, 0.717) is 0 Å². The topological polar surface area (TPSA) is 12.0 Å². The average molecular weight is 193 g/mol. The van der Waals surface area contributed by atoms with Crippen molar-refractivity contribution in [3.8, 4) is 12.3 Å². The van der Waals surface area contributed by atoms with Gasteiger partial charge in [-0.05, 0) is 31.8 Å². The maximum Gasteiger partial charge on any atom is 0.00981 e. The maximum absolute atomic E-state index is 5.18. The molecule has 0 radical (unpaired) electrons. The van der Waals surface area contributed by atoms with E-state index in [-0.39, 0.29) is 0 Å². The summed E-state index contributed by atoms with van der Waals surface area (Å²) in [4.78, 5) is 0. The Bertz CT molecular complexity index is 163. The fraction of sp³-hybridized carbons (Fsp3) is 0.846. The van der Waals surface area contributed by atoms with Gasteiger partial charge < -0.3 is 5.32 Å². The molecular formula is C13H23N. The predicted octanol–water partition coefficient (Wildman–Crippen LogP) is 2.96. The first-order valence-electron chi connectivity index (χ1n) is 6.07. The summed E-state index contributed by atoms with van der Waals surface area (Å²) in [6, 6.07) is 0. The second-order valence-corrected chi connectivity index (χ2v) is 4.35. The zero-order chi connectivity index (χ0) is 10.1. The Balaban J connectivity index is 1.85. The summed E-state index contributed by atoms with van der Waals surface area (Å²) in [7, 11) is 0. The van der Waals surface area contributed by atoms with Crippen LogP contribution in [0.2, 0.25) is 0 Å². The molecule has 1 fully saturated rings. The molecule has 0 saturated heterocycles. The van der Waals surface area contributed by atoms with Gasteiger partial charge in [0, 0.05) is 6.42 Å². The minimum absolute atomic E-state index is 0.913. The molecule has 14 heavy (non-hydrogen) atoms. The highest BCUT2D eigenvalue weighted by molar-refractivity contribution is 4.83. The van der Waals surface area contributed by atoms with Crippen molar-refractivity contribution in [2.75, 3.05) is 13.1 Å². The van der Waals surface area contributed by atoms with E-state index < -0.39 is 0 Å². The normalized spacial score (nSPS) is 17.9. The van der Waals surface area contributed by atoms with Crippen molar-refractivity contribution in [2.45, 2.75) is 51.4 Å². The zero-order valence-corrected chi connectivity index (χ0v) is 9.23. The molecule has 0 spiro atoms. The quantitative estimate of drug-likeness (QED) is 0.505. The Morgan fingerprint density at radius 2 is 1.93 bits per heavy atom. The summed E-state index contributed by atoms with van der Waals surface area (Å²) >= 11 is 0. The molecular weight excluding hydrogens is 170 g/mol. The Morgan fingerprint density at radius 3 is 2.64 bits per heavy atom. The lowest BCUT2D eigenvalue weighted by Crippen LogP contribution is -2.20. The molecule has 0 bridgehead atoms. The Labute approximate surface area is 88.7 Å². The van der Waals surface area contributed by atoms with Gasteiger partial charge in [-0.2, -0.15) is 0 Å². The molecule has 1 nitrogen and oxygen atoms in total. The van der Waals surface area contributed by atoms with E-state index in [1.54, 1.807) is 0 Å². The molecule has 0 aromatic rings. The van der Waals surface area contributed by atoms with Crippen molar-refractivity contribution in [3.63, 3.8) is 0 Å². The number of hydrogen-bond donors (Lipinski definition) is 1. The van der Waals surface area contributed by atoms with Crippen LogP contribution in [-0.4, -0.2) is 13.1 Å². The molecule has 0 aromatic carbocycles. The number of terminal acetylenes is 1. The molecule has 0 aromatic heterocycles. The number of hydrogen-bond acceptors (Lipinski definition) is 1. The average Bonchev–Trinajstić information content (AvgIpc) is 2.25. The van der Waals surface area contributed by atoms with Gasteiger partial charge in [0.05, 0.1) is 0 Å². The third-order valence-corrected chi connectivity index (χ3v) is 3.13. The summed E-state index contributed by atoms with van der Waals surface area (Å²) in [5.74, 6) is 3.67. The number of nitrogens with one attached hydrogen (secondary N) is 1. The van der Waals surface area contributed by atoms with Crippen molar-refractivity contribution in [2.24, 2.45) is 5.92 Å². The van der Waals surface area contributed by atoms with Gasteiger partial charge in [0.1, 0.15) is 0 Å². The SMILES string of the molecule is C#CCCCNCCC1CCCCC1. The summed E-state index contributed by atoms with van der Waals surface area (Å²) in [5, 5.41) is 3.47. The summed E-state index contributed by atoms with van der Waals surface area (Å²) < 4.78 is 0. The Kier molecular flexibility index (Phi) is 6.53. The molecule has 1 heteroatoms. The summed E-state index contributed by atoms with van der Waals surface area (Å²) in [6.07, 6.45) is 15.9. The predicted molar refractivity (Wildman–Crippen MR) is 62.1 cm³/mol. The molecule has 80 valence electrons. The van der Waals surface area contributed by atoms with Crippen LogP contribution >= 0.6 is 0 Å². The van der Waals surface area contributed by atoms with E-state index in [0.717, 1.165) is 25.3 Å². The second-order valence-electron chi connectivity index (χ2n) is 4.35. The largest absolute Gasteiger partial charge is 0.317 e. The van der Waals surface area contributed by atoms with E-state index in [4.69, 9.17) is 6.42 Å². The maximum atomic E-state index is 5.18. The molecule has 0 heterocycles. The highest BCUT2D eigenvalue weighted by Gasteiger charge is 2.11. The van der Waals surface area contributed by atoms with Crippen molar-refractivity contribution in [1.82, 2.24) is 5.32 Å². The molecule has 0 atom stereocenters. The molecule has 1 N–H and O–H groups in total. The van der Waals surface area contributed by atoms with Gasteiger partial charge in [-0.25, -0.2) is 0 Å². The van der Waals surface area contributed by atoms with Crippen LogP contribution in [0.15, 0.2) is 0 Å². The smallest absolute Gasteiger partial charge is 0.00981 e. The van der Waals surface area contributed by atoms with E-state index in [1.165, 1.54) is 45.1 Å². The fourth-order valence-corrected chi connectivity index (χ4v) is 2.22. The number of rotatable bonds is 6. The van der Waals surface area contributed by atoms with Crippen LogP contribution in [0.4, 0.5) is 0 Å². The lowest BCUT2D eigenvalue weighted by Gasteiger charge is -2.21. The van der Waals surface area contributed by atoms with E-state index in [1.807, 2.05) is 0 Å². The molecule has 1 aliphatic carbocycles. The van der Waals surface area contributed by atoms with Crippen LogP contribution in [0.25, 0.3) is 0 Å². The van der Waals surface area contributed by atoms with Gasteiger partial charge >= 0.3 is 0 Å². The number of unbranched alkanes of at least 4 members (excludes halogenated alkanes) is 1.